The lowest BCUT2D eigenvalue weighted by Crippen LogP contribution is -2.81. The number of nitro groups is 1. The number of hydrogen-bond donors (Lipinski definition) is 0. The van der Waals surface area contributed by atoms with Crippen LogP contribution in [0.3, 0.4) is 0 Å². The number of benzene rings is 6. The first-order chi connectivity index (χ1) is 31.3. The van der Waals surface area contributed by atoms with E-state index in [2.05, 4.69) is 0 Å². The fraction of sp³-hybridized carbons (Fsp3) is 0.0244. The van der Waals surface area contributed by atoms with Crippen molar-refractivity contribution in [1.82, 2.24) is 0 Å². The standard InChI is InChI=1S/C24BF20.C17H13N2O3/c26-5-1(6(27)14(35)21(42)13(5)34)25(2-7(28)15(36)22(43)16(37)8(2)29,3-9(30)17(38)23(44)18(39)10(3)31)4-11(32)19(40)24(45)20(41)12(4)33;20-17(13-6-2-1-3-7-13)12-18-10-14-8-4-5-9-15(14)16(11-18)19(21)22/h;1-11H,12H2/q-1;+1. The predicted molar refractivity (Wildman–Crippen MR) is 191 cm³/mol. The molecule has 26 heteroatoms. The quantitative estimate of drug-likeness (QED) is 0.0224. The molecule has 7 rings (SSSR count). The van der Waals surface area contributed by atoms with Crippen molar-refractivity contribution < 1.29 is 102 Å². The highest BCUT2D eigenvalue weighted by Crippen LogP contribution is 2.31. The maximum Gasteiger partial charge on any atom is 0.340 e. The van der Waals surface area contributed by atoms with Gasteiger partial charge in [0.25, 0.3) is 0 Å². The molecule has 348 valence electrons. The van der Waals surface area contributed by atoms with Gasteiger partial charge >= 0.3 is 5.69 Å². The molecule has 0 unspecified atom stereocenters. The van der Waals surface area contributed by atoms with Crippen molar-refractivity contribution in [2.75, 3.05) is 0 Å². The first kappa shape index (κ1) is 48.9. The Kier molecular flexibility index (Phi) is 13.2. The summed E-state index contributed by atoms with van der Waals surface area (Å²) in [5, 5.41) is 12.5. The van der Waals surface area contributed by atoms with Gasteiger partial charge in [-0.05, 0) is 12.1 Å². The molecule has 5 nitrogen and oxygen atoms in total. The van der Waals surface area contributed by atoms with Gasteiger partial charge in [0.15, 0.2) is 76.0 Å². The molecule has 0 spiro atoms. The van der Waals surface area contributed by atoms with Crippen molar-refractivity contribution in [2.45, 2.75) is 6.54 Å². The van der Waals surface area contributed by atoms with Crippen LogP contribution in [0.15, 0.2) is 67.0 Å². The van der Waals surface area contributed by atoms with Gasteiger partial charge in [-0.25, -0.2) is 87.8 Å². The van der Waals surface area contributed by atoms with E-state index in [4.69, 9.17) is 0 Å². The van der Waals surface area contributed by atoms with Gasteiger partial charge in [0.1, 0.15) is 52.7 Å². The Balaban J connectivity index is 0.000000279. The minimum Gasteiger partial charge on any atom is -0.287 e. The third-order valence-corrected chi connectivity index (χ3v) is 10.2. The van der Waals surface area contributed by atoms with Crippen LogP contribution in [0.1, 0.15) is 10.4 Å². The van der Waals surface area contributed by atoms with Gasteiger partial charge < -0.3 is 0 Å². The highest BCUT2D eigenvalue weighted by atomic mass is 19.2. The molecule has 67 heavy (non-hydrogen) atoms. The van der Waals surface area contributed by atoms with E-state index in [1.54, 1.807) is 53.2 Å². The molecular weight excluding hydrogens is 959 g/mol. The average Bonchev–Trinajstić information content (AvgIpc) is 3.31. The monoisotopic (exact) mass is 972 g/mol. The largest absolute Gasteiger partial charge is 0.340 e. The Morgan fingerprint density at radius 2 is 0.701 bits per heavy atom. The van der Waals surface area contributed by atoms with E-state index >= 15 is 35.1 Å². The molecule has 0 aliphatic rings. The van der Waals surface area contributed by atoms with Gasteiger partial charge in [0.05, 0.1) is 15.7 Å². The lowest BCUT2D eigenvalue weighted by atomic mass is 9.12. The number of aromatic nitrogens is 1. The Morgan fingerprint density at radius 3 is 1.01 bits per heavy atom. The number of hydrogen-bond acceptors (Lipinski definition) is 3. The Bertz CT molecular complexity index is 2850. The minimum atomic E-state index is -7.22. The summed E-state index contributed by atoms with van der Waals surface area (Å²) in [5.74, 6) is -71.5. The van der Waals surface area contributed by atoms with Gasteiger partial charge in [0, 0.05) is 5.56 Å². The molecular formula is C41H13BF20N2O3. The Hall–Kier alpha value is -7.54. The molecule has 0 amide bonds. The molecule has 0 saturated carbocycles. The second-order valence-electron chi connectivity index (χ2n) is 13.7. The topological polar surface area (TPSA) is 64.1 Å². The van der Waals surface area contributed by atoms with Crippen LogP contribution in [0.25, 0.3) is 10.8 Å². The molecule has 0 radical (unpaired) electrons. The molecule has 7 aromatic rings. The molecule has 0 bridgehead atoms. The van der Waals surface area contributed by atoms with Crippen molar-refractivity contribution in [3.05, 3.63) is 199 Å². The highest BCUT2D eigenvalue weighted by molar-refractivity contribution is 7.20. The molecule has 1 aromatic heterocycles. The summed E-state index contributed by atoms with van der Waals surface area (Å²) in [7, 11) is 0. The second-order valence-corrected chi connectivity index (χ2v) is 13.7. The van der Waals surface area contributed by atoms with Crippen LogP contribution in [0.2, 0.25) is 0 Å². The van der Waals surface area contributed by atoms with Crippen molar-refractivity contribution >= 4 is 50.2 Å². The zero-order chi connectivity index (χ0) is 49.9. The molecule has 0 fully saturated rings. The summed E-state index contributed by atoms with van der Waals surface area (Å²) in [6, 6.07) is 16.0. The number of carbonyl (C=O) groups is 1. The number of fused-ring (bicyclic) bond motifs is 1. The van der Waals surface area contributed by atoms with E-state index < -0.39 is 149 Å². The van der Waals surface area contributed by atoms with Crippen LogP contribution in [-0.2, 0) is 6.54 Å². The summed E-state index contributed by atoms with van der Waals surface area (Å²) in [5.41, 5.74) is -13.7. The predicted octanol–water partition coefficient (Wildman–Crippen LogP) is 8.76. The first-order valence-corrected chi connectivity index (χ1v) is 17.7. The lowest BCUT2D eigenvalue weighted by Gasteiger charge is -2.44. The zero-order valence-corrected chi connectivity index (χ0v) is 31.8. The highest BCUT2D eigenvalue weighted by Gasteiger charge is 2.52. The number of nitrogens with zero attached hydrogens (tertiary/aromatic N) is 2. The van der Waals surface area contributed by atoms with Gasteiger partial charge in [-0.2, -0.15) is 4.57 Å². The molecule has 0 N–H and O–H groups in total. The Labute approximate surface area is 357 Å². The smallest absolute Gasteiger partial charge is 0.287 e. The summed E-state index contributed by atoms with van der Waals surface area (Å²) in [6.45, 7) is 0.0652. The van der Waals surface area contributed by atoms with Crippen LogP contribution in [-0.4, -0.2) is 16.9 Å². The van der Waals surface area contributed by atoms with Crippen LogP contribution in [0.5, 0.6) is 0 Å². The molecule has 0 aliphatic carbocycles. The fourth-order valence-electron chi connectivity index (χ4n) is 7.28. The van der Waals surface area contributed by atoms with Gasteiger partial charge in [0.2, 0.25) is 18.5 Å². The SMILES string of the molecule is Fc1c(F)c(F)c([B-](c2c(F)c(F)c(F)c(F)c2F)(c2c(F)c(F)c(F)c(F)c2F)c2c(F)c(F)c(F)c(F)c2F)c(F)c1F.O=C(C[n+]1cc([N+](=O)[O-])c2ccccc2c1)c1ccccc1. The third-order valence-electron chi connectivity index (χ3n) is 10.2. The normalized spacial score (nSPS) is 11.5. The minimum absolute atomic E-state index is 0.000961. The maximum atomic E-state index is 15.4. The number of rotatable bonds is 8. The van der Waals surface area contributed by atoms with Gasteiger partial charge in [-0.3, -0.25) is 14.9 Å². The molecule has 0 saturated heterocycles. The zero-order valence-electron chi connectivity index (χ0n) is 31.8. The summed E-state index contributed by atoms with van der Waals surface area (Å²) in [4.78, 5) is 23.0. The molecule has 6 aromatic carbocycles. The number of pyridine rings is 1. The van der Waals surface area contributed by atoms with Crippen LogP contribution >= 0.6 is 0 Å². The van der Waals surface area contributed by atoms with E-state index in [-0.39, 0.29) is 18.0 Å². The number of carbonyl (C=O) groups excluding carboxylic acids is 1. The maximum absolute atomic E-state index is 15.4. The Morgan fingerprint density at radius 1 is 0.418 bits per heavy atom. The third kappa shape index (κ3) is 7.71. The van der Waals surface area contributed by atoms with E-state index in [0.717, 1.165) is 5.39 Å². The van der Waals surface area contributed by atoms with Gasteiger partial charge in [-0.15, -0.1) is 21.9 Å². The number of ketones is 1. The first-order valence-electron chi connectivity index (χ1n) is 17.7. The van der Waals surface area contributed by atoms with Crippen molar-refractivity contribution in [3.8, 4) is 0 Å². The summed E-state index contributed by atoms with van der Waals surface area (Å²) < 4.78 is 296. The van der Waals surface area contributed by atoms with Crippen molar-refractivity contribution in [3.63, 3.8) is 0 Å². The van der Waals surface area contributed by atoms with E-state index in [1.165, 1.54) is 6.20 Å². The summed E-state index contributed by atoms with van der Waals surface area (Å²) >= 11 is 0. The average molecular weight is 972 g/mol. The van der Waals surface area contributed by atoms with Crippen molar-refractivity contribution in [1.29, 1.82) is 0 Å². The van der Waals surface area contributed by atoms with Crippen LogP contribution in [0, 0.1) is 126 Å². The molecule has 1 heterocycles. The fourth-order valence-corrected chi connectivity index (χ4v) is 7.28. The number of Topliss-reactive ketones (excluding diaryl/α,β-unsaturated/α-hetero) is 1. The van der Waals surface area contributed by atoms with E-state index in [1.807, 2.05) is 12.1 Å². The lowest BCUT2D eigenvalue weighted by molar-refractivity contribution is -0.684. The molecule has 0 aliphatic heterocycles. The second kappa shape index (κ2) is 18.0. The van der Waals surface area contributed by atoms with Gasteiger partial charge in [-0.1, -0.05) is 42.5 Å². The van der Waals surface area contributed by atoms with E-state index in [9.17, 15) is 67.6 Å². The van der Waals surface area contributed by atoms with Crippen LogP contribution < -0.4 is 26.4 Å². The van der Waals surface area contributed by atoms with Crippen molar-refractivity contribution in [2.24, 2.45) is 0 Å². The summed E-state index contributed by atoms with van der Waals surface area (Å²) in [6.07, 6.45) is -4.06. The van der Waals surface area contributed by atoms with Crippen LogP contribution in [0.4, 0.5) is 93.5 Å². The van der Waals surface area contributed by atoms with E-state index in [0.29, 0.717) is 10.9 Å². The molecule has 0 atom stereocenters. The number of halogens is 20.